The van der Waals surface area contributed by atoms with Gasteiger partial charge >= 0.3 is 0 Å². The van der Waals surface area contributed by atoms with Crippen LogP contribution in [0.4, 0.5) is 0 Å². The lowest BCUT2D eigenvalue weighted by Gasteiger charge is -2.11. The Labute approximate surface area is 93.9 Å². The highest BCUT2D eigenvalue weighted by Gasteiger charge is 2.23. The Morgan fingerprint density at radius 2 is 2.20 bits per heavy atom. The summed E-state index contributed by atoms with van der Waals surface area (Å²) in [5.74, 6) is 1.38. The van der Waals surface area contributed by atoms with Gasteiger partial charge in [-0.3, -0.25) is 0 Å². The van der Waals surface area contributed by atoms with Crippen molar-refractivity contribution in [1.29, 1.82) is 0 Å². The highest BCUT2D eigenvalue weighted by atomic mass is 35.5. The van der Waals surface area contributed by atoms with Gasteiger partial charge in [0.1, 0.15) is 12.7 Å². The lowest BCUT2D eigenvalue weighted by Crippen LogP contribution is -2.05. The number of aryl methyl sites for hydroxylation is 1. The van der Waals surface area contributed by atoms with Crippen molar-refractivity contribution in [3.8, 4) is 11.5 Å². The van der Waals surface area contributed by atoms with E-state index < -0.39 is 0 Å². The van der Waals surface area contributed by atoms with Gasteiger partial charge in [-0.25, -0.2) is 0 Å². The zero-order valence-electron chi connectivity index (χ0n) is 8.75. The van der Waals surface area contributed by atoms with Crippen molar-refractivity contribution >= 4 is 11.6 Å². The van der Waals surface area contributed by atoms with E-state index in [4.69, 9.17) is 25.8 Å². The third-order valence-electron chi connectivity index (χ3n) is 2.27. The molecule has 1 atom stereocenters. The fourth-order valence-corrected chi connectivity index (χ4v) is 1.41. The molecule has 0 aromatic heterocycles. The maximum absolute atomic E-state index is 6.01. The monoisotopic (exact) mass is 228 g/mol. The number of hydrogen-bond acceptors (Lipinski definition) is 3. The molecule has 2 rings (SSSR count). The van der Waals surface area contributed by atoms with Gasteiger partial charge in [-0.15, -0.1) is 0 Å². The van der Waals surface area contributed by atoms with Gasteiger partial charge in [0, 0.05) is 11.1 Å². The van der Waals surface area contributed by atoms with E-state index in [9.17, 15) is 0 Å². The van der Waals surface area contributed by atoms with Gasteiger partial charge < -0.3 is 14.2 Å². The van der Waals surface area contributed by atoms with Crippen molar-refractivity contribution in [2.24, 2.45) is 0 Å². The third kappa shape index (κ3) is 2.55. The van der Waals surface area contributed by atoms with Gasteiger partial charge in [-0.2, -0.15) is 0 Å². The average Bonchev–Trinajstić information content (AvgIpc) is 3.03. The molecule has 15 heavy (non-hydrogen) atoms. The van der Waals surface area contributed by atoms with Gasteiger partial charge in [-0.1, -0.05) is 11.6 Å². The van der Waals surface area contributed by atoms with Crippen LogP contribution in [0.1, 0.15) is 5.56 Å². The van der Waals surface area contributed by atoms with Gasteiger partial charge in [0.05, 0.1) is 13.7 Å². The summed E-state index contributed by atoms with van der Waals surface area (Å²) < 4.78 is 15.8. The Balaban J connectivity index is 2.15. The quantitative estimate of drug-likeness (QED) is 0.742. The summed E-state index contributed by atoms with van der Waals surface area (Å²) in [4.78, 5) is 0. The minimum atomic E-state index is 0.231. The van der Waals surface area contributed by atoms with Crippen LogP contribution in [0.15, 0.2) is 12.1 Å². The van der Waals surface area contributed by atoms with Crippen LogP contribution in [0.25, 0.3) is 0 Å². The van der Waals surface area contributed by atoms with Crippen LogP contribution >= 0.6 is 11.6 Å². The van der Waals surface area contributed by atoms with Crippen LogP contribution in [0.5, 0.6) is 11.5 Å². The number of halogens is 1. The molecule has 82 valence electrons. The van der Waals surface area contributed by atoms with E-state index in [1.165, 1.54) is 0 Å². The molecule has 1 saturated heterocycles. The second-order valence-corrected chi connectivity index (χ2v) is 3.93. The molecule has 1 unspecified atom stereocenters. The van der Waals surface area contributed by atoms with Crippen LogP contribution < -0.4 is 9.47 Å². The predicted molar refractivity (Wildman–Crippen MR) is 58.0 cm³/mol. The summed E-state index contributed by atoms with van der Waals surface area (Å²) in [7, 11) is 1.61. The van der Waals surface area contributed by atoms with E-state index in [0.717, 1.165) is 12.2 Å². The molecule has 1 heterocycles. The number of methoxy groups -OCH3 is 1. The number of ether oxygens (including phenoxy) is 3. The van der Waals surface area contributed by atoms with Gasteiger partial charge in [0.25, 0.3) is 0 Å². The molecule has 1 fully saturated rings. The second kappa shape index (κ2) is 4.29. The molecule has 3 nitrogen and oxygen atoms in total. The maximum atomic E-state index is 6.01. The first-order valence-electron chi connectivity index (χ1n) is 4.79. The molecule has 1 aliphatic rings. The molecule has 0 saturated carbocycles. The first-order valence-corrected chi connectivity index (χ1v) is 5.17. The fraction of sp³-hybridized carbons (Fsp3) is 0.455. The normalized spacial score (nSPS) is 18.7. The molecular formula is C11H13ClO3. The zero-order valence-corrected chi connectivity index (χ0v) is 9.50. The smallest absolute Gasteiger partial charge is 0.162 e. The Morgan fingerprint density at radius 1 is 1.47 bits per heavy atom. The molecule has 0 aliphatic carbocycles. The van der Waals surface area contributed by atoms with Gasteiger partial charge in [-0.05, 0) is 18.6 Å². The van der Waals surface area contributed by atoms with E-state index in [1.807, 2.05) is 13.0 Å². The second-order valence-electron chi connectivity index (χ2n) is 3.52. The van der Waals surface area contributed by atoms with Crippen molar-refractivity contribution in [2.45, 2.75) is 13.0 Å². The molecule has 0 radical (unpaired) electrons. The summed E-state index contributed by atoms with van der Waals surface area (Å²) in [6.07, 6.45) is 0.231. The van der Waals surface area contributed by atoms with Crippen molar-refractivity contribution in [1.82, 2.24) is 0 Å². The van der Waals surface area contributed by atoms with Crippen LogP contribution in [0.2, 0.25) is 5.02 Å². The zero-order chi connectivity index (χ0) is 10.8. The fourth-order valence-electron chi connectivity index (χ4n) is 1.26. The SMILES string of the molecule is COc1cc(C)c(Cl)cc1OCC1CO1. The maximum Gasteiger partial charge on any atom is 0.162 e. The number of epoxide rings is 1. The van der Waals surface area contributed by atoms with E-state index in [0.29, 0.717) is 23.1 Å². The molecule has 0 bridgehead atoms. The lowest BCUT2D eigenvalue weighted by molar-refractivity contribution is 0.252. The topological polar surface area (TPSA) is 31.0 Å². The average molecular weight is 229 g/mol. The standard InChI is InChI=1S/C11H13ClO3/c1-7-3-10(13-2)11(4-9(7)12)15-6-8-5-14-8/h3-4,8H,5-6H2,1-2H3. The molecule has 0 amide bonds. The highest BCUT2D eigenvalue weighted by molar-refractivity contribution is 6.31. The third-order valence-corrected chi connectivity index (χ3v) is 2.68. The van der Waals surface area contributed by atoms with Crippen LogP contribution in [0, 0.1) is 6.92 Å². The number of rotatable bonds is 4. The van der Waals surface area contributed by atoms with Crippen LogP contribution in [-0.2, 0) is 4.74 Å². The number of hydrogen-bond donors (Lipinski definition) is 0. The van der Waals surface area contributed by atoms with Crippen molar-refractivity contribution in [3.63, 3.8) is 0 Å². The molecule has 1 aromatic carbocycles. The highest BCUT2D eigenvalue weighted by Crippen LogP contribution is 2.33. The van der Waals surface area contributed by atoms with Gasteiger partial charge in [0.15, 0.2) is 11.5 Å². The first kappa shape index (κ1) is 10.6. The van der Waals surface area contributed by atoms with Crippen molar-refractivity contribution < 1.29 is 14.2 Å². The lowest BCUT2D eigenvalue weighted by atomic mass is 10.2. The molecule has 0 spiro atoms. The van der Waals surface area contributed by atoms with Crippen LogP contribution in [-0.4, -0.2) is 26.4 Å². The summed E-state index contributed by atoms with van der Waals surface area (Å²) in [6, 6.07) is 3.64. The Kier molecular flexibility index (Phi) is 3.03. The Hall–Kier alpha value is -0.930. The summed E-state index contributed by atoms with van der Waals surface area (Å²) in [5, 5.41) is 0.683. The van der Waals surface area contributed by atoms with E-state index in [2.05, 4.69) is 0 Å². The summed E-state index contributed by atoms with van der Waals surface area (Å²) >= 11 is 6.01. The predicted octanol–water partition coefficient (Wildman–Crippen LogP) is 2.43. The van der Waals surface area contributed by atoms with Gasteiger partial charge in [0.2, 0.25) is 0 Å². The van der Waals surface area contributed by atoms with Crippen molar-refractivity contribution in [2.75, 3.05) is 20.3 Å². The van der Waals surface area contributed by atoms with E-state index >= 15 is 0 Å². The Bertz CT molecular complexity index is 361. The molecule has 4 heteroatoms. The summed E-state index contributed by atoms with van der Waals surface area (Å²) in [6.45, 7) is 3.26. The summed E-state index contributed by atoms with van der Waals surface area (Å²) in [5.41, 5.74) is 0.975. The molecular weight excluding hydrogens is 216 g/mol. The minimum Gasteiger partial charge on any atom is -0.493 e. The van der Waals surface area contributed by atoms with E-state index in [1.54, 1.807) is 13.2 Å². The van der Waals surface area contributed by atoms with Crippen LogP contribution in [0.3, 0.4) is 0 Å². The number of benzene rings is 1. The Morgan fingerprint density at radius 3 is 2.80 bits per heavy atom. The largest absolute Gasteiger partial charge is 0.493 e. The molecule has 1 aromatic rings. The molecule has 0 N–H and O–H groups in total. The first-order chi connectivity index (χ1) is 7.20. The van der Waals surface area contributed by atoms with E-state index in [-0.39, 0.29) is 6.10 Å². The van der Waals surface area contributed by atoms with Crippen molar-refractivity contribution in [3.05, 3.63) is 22.7 Å². The minimum absolute atomic E-state index is 0.231. The molecule has 1 aliphatic heterocycles.